The summed E-state index contributed by atoms with van der Waals surface area (Å²) >= 11 is 9.67. The summed E-state index contributed by atoms with van der Waals surface area (Å²) in [5.41, 5.74) is 8.50. The first-order chi connectivity index (χ1) is 30.9. The van der Waals surface area contributed by atoms with Crippen molar-refractivity contribution in [2.24, 2.45) is 39.9 Å². The number of aromatic nitrogens is 3. The van der Waals surface area contributed by atoms with Gasteiger partial charge in [0.25, 0.3) is 11.1 Å². The van der Waals surface area contributed by atoms with Crippen LogP contribution in [0.4, 0.5) is 0 Å². The number of halogens is 1. The monoisotopic (exact) mass is 970 g/mol. The third kappa shape index (κ3) is 11.5. The number of hydrogen-bond acceptors (Lipinski definition) is 10. The molecule has 354 valence electrons. The van der Waals surface area contributed by atoms with Crippen molar-refractivity contribution in [3.63, 3.8) is 0 Å². The molecule has 0 aromatic carbocycles. The van der Waals surface area contributed by atoms with E-state index in [1.54, 1.807) is 6.07 Å². The quantitative estimate of drug-likeness (QED) is 0.140. The number of nitrogens with one attached hydrogen (secondary N) is 1. The van der Waals surface area contributed by atoms with Gasteiger partial charge in [-0.2, -0.15) is 0 Å². The number of carboxylic acid groups (broad SMARTS) is 1. The molecule has 0 spiro atoms. The van der Waals surface area contributed by atoms with Crippen LogP contribution in [-0.2, 0) is 38.5 Å². The Bertz CT molecular complexity index is 2650. The van der Waals surface area contributed by atoms with Crippen LogP contribution in [-0.4, -0.2) is 54.9 Å². The van der Waals surface area contributed by atoms with E-state index >= 15 is 0 Å². The van der Waals surface area contributed by atoms with E-state index in [1.165, 1.54) is 81.4 Å². The first-order valence-electron chi connectivity index (χ1n) is 23.5. The fraction of sp³-hybridized carbons (Fsp3) is 0.547. The Morgan fingerprint density at radius 3 is 1.30 bits per heavy atom. The Morgan fingerprint density at radius 1 is 0.621 bits per heavy atom. The number of aromatic carboxylic acids is 1. The van der Waals surface area contributed by atoms with E-state index in [0.717, 1.165) is 74.9 Å². The molecule has 9 nitrogen and oxygen atoms in total. The van der Waals surface area contributed by atoms with Gasteiger partial charge in [0, 0.05) is 33.2 Å². The lowest BCUT2D eigenvalue weighted by molar-refractivity contribution is 0.0701. The van der Waals surface area contributed by atoms with Gasteiger partial charge >= 0.3 is 5.97 Å². The van der Waals surface area contributed by atoms with Gasteiger partial charge in [-0.15, -0.1) is 34.0 Å². The topological polar surface area (TPSA) is 142 Å². The molecule has 0 radical (unpaired) electrons. The van der Waals surface area contributed by atoms with Gasteiger partial charge in [0.2, 0.25) is 0 Å². The number of aliphatic hydroxyl groups is 1. The Morgan fingerprint density at radius 2 is 0.970 bits per heavy atom. The van der Waals surface area contributed by atoms with E-state index in [1.807, 2.05) is 26.0 Å². The number of rotatable bonds is 6. The maximum atomic E-state index is 12.6. The molecule has 3 aliphatic carbocycles. The number of carbonyl (C=O) groups is 3. The van der Waals surface area contributed by atoms with E-state index in [9.17, 15) is 19.5 Å². The number of aryl methyl sites for hydroxylation is 3. The van der Waals surface area contributed by atoms with Crippen molar-refractivity contribution in [1.29, 1.82) is 0 Å². The van der Waals surface area contributed by atoms with Gasteiger partial charge in [-0.3, -0.25) is 9.59 Å². The molecule has 3 N–H and O–H groups in total. The van der Waals surface area contributed by atoms with Gasteiger partial charge in [0.1, 0.15) is 19.4 Å². The molecule has 3 unspecified atom stereocenters. The molecule has 66 heavy (non-hydrogen) atoms. The number of carbonyl (C=O) groups excluding carboxylic acids is 2. The Labute approximate surface area is 407 Å². The summed E-state index contributed by atoms with van der Waals surface area (Å²) in [5.74, 6) is 1.25. The minimum absolute atomic E-state index is 0.0466. The van der Waals surface area contributed by atoms with Gasteiger partial charge in [-0.05, 0) is 162 Å². The predicted octanol–water partition coefficient (Wildman–Crippen LogP) is 13.2. The number of carboxylic acids is 1. The zero-order valence-corrected chi connectivity index (χ0v) is 43.7. The lowest BCUT2D eigenvalue weighted by Gasteiger charge is -2.34. The van der Waals surface area contributed by atoms with Crippen LogP contribution >= 0.6 is 45.6 Å². The fourth-order valence-electron chi connectivity index (χ4n) is 9.56. The van der Waals surface area contributed by atoms with E-state index in [-0.39, 0.29) is 24.5 Å². The van der Waals surface area contributed by atoms with Crippen molar-refractivity contribution in [2.45, 2.75) is 140 Å². The van der Waals surface area contributed by atoms with Crippen LogP contribution in [0.5, 0.6) is 0 Å². The molecular weight excluding hydrogens is 904 g/mol. The average molecular weight is 972 g/mol. The molecule has 0 bridgehead atoms. The molecule has 4 atom stereocenters. The first-order valence-corrected chi connectivity index (χ1v) is 26.3. The number of nitrogens with zero attached hydrogens (tertiary/aromatic N) is 3. The summed E-state index contributed by atoms with van der Waals surface area (Å²) in [6.07, 6.45) is 9.82. The van der Waals surface area contributed by atoms with Gasteiger partial charge in [-0.1, -0.05) is 76.2 Å². The second kappa shape index (κ2) is 19.7. The molecular formula is C53H67ClN4O5S3. The highest BCUT2D eigenvalue weighted by Crippen LogP contribution is 2.41. The van der Waals surface area contributed by atoms with E-state index < -0.39 is 11.2 Å². The summed E-state index contributed by atoms with van der Waals surface area (Å²) < 4.78 is 0. The zero-order valence-electron chi connectivity index (χ0n) is 40.5. The molecule has 6 aromatic heterocycles. The summed E-state index contributed by atoms with van der Waals surface area (Å²) in [6, 6.07) is 11.9. The van der Waals surface area contributed by atoms with Gasteiger partial charge in [0.05, 0.1) is 22.4 Å². The minimum atomic E-state index is -0.862. The normalized spacial score (nSPS) is 19.0. The molecule has 6 aromatic rings. The molecule has 13 heteroatoms. The number of hydrogen-bond donors (Lipinski definition) is 3. The Hall–Kier alpha value is -3.81. The van der Waals surface area contributed by atoms with Gasteiger partial charge in [-0.25, -0.2) is 19.7 Å². The summed E-state index contributed by atoms with van der Waals surface area (Å²) in [4.78, 5) is 53.5. The van der Waals surface area contributed by atoms with Crippen molar-refractivity contribution in [2.75, 3.05) is 6.61 Å². The molecule has 0 fully saturated rings. The summed E-state index contributed by atoms with van der Waals surface area (Å²) in [6.45, 7) is 24.7. The lowest BCUT2D eigenvalue weighted by Crippen LogP contribution is -2.40. The number of thiophene rings is 3. The maximum absolute atomic E-state index is 12.6. The molecule has 9 rings (SSSR count). The Kier molecular flexibility index (Phi) is 14.9. The maximum Gasteiger partial charge on any atom is 0.345 e. The highest BCUT2D eigenvalue weighted by atomic mass is 35.5. The first kappa shape index (κ1) is 50.1. The standard InChI is InChI=1S/C21H30N2O2S.C16H18ClNOS.C16H19NO2S/c1-12(2)17(11-24)22-19(25)18-10-14-8-13-9-15(21(3,4)5)6-7-16(13)23-20(14)26-18;1-16(2,3)11-4-5-12-9(7-11)6-10-8-13(14(17)19)20-15(10)18-12;1-16(2,3)11-4-5-12-9(7-11)6-10-8-13(15(18)19)20-14(10)17-12/h8,10,12,15,17,24H,6-7,9,11H2,1-5H3,(H,22,25);6,8,11H,4-5,7H2,1-3H3;6,8,11H,4-5,7H2,1-3H3,(H,18,19)/t15?,17-;;/m1../s1. The zero-order chi connectivity index (χ0) is 48.0. The van der Waals surface area contributed by atoms with E-state index in [0.29, 0.717) is 48.6 Å². The minimum Gasteiger partial charge on any atom is -0.477 e. The van der Waals surface area contributed by atoms with Crippen LogP contribution in [0.25, 0.3) is 30.6 Å². The molecule has 1 amide bonds. The van der Waals surface area contributed by atoms with Crippen LogP contribution in [0.1, 0.15) is 158 Å². The van der Waals surface area contributed by atoms with Crippen molar-refractivity contribution in [3.05, 3.63) is 84.8 Å². The van der Waals surface area contributed by atoms with Gasteiger partial charge < -0.3 is 15.5 Å². The molecule has 3 aliphatic rings. The van der Waals surface area contributed by atoms with Crippen molar-refractivity contribution in [1.82, 2.24) is 20.3 Å². The van der Waals surface area contributed by atoms with E-state index in [2.05, 4.69) is 85.8 Å². The van der Waals surface area contributed by atoms with Gasteiger partial charge in [0.15, 0.2) is 0 Å². The van der Waals surface area contributed by atoms with Crippen LogP contribution in [0, 0.1) is 39.9 Å². The third-order valence-corrected chi connectivity index (χ3v) is 17.7. The highest BCUT2D eigenvalue weighted by molar-refractivity contribution is 7.22. The van der Waals surface area contributed by atoms with Crippen LogP contribution in [0.15, 0.2) is 36.4 Å². The third-order valence-electron chi connectivity index (χ3n) is 14.2. The summed E-state index contributed by atoms with van der Waals surface area (Å²) in [7, 11) is 0. The lowest BCUT2D eigenvalue weighted by atomic mass is 9.71. The number of aliphatic hydroxyl groups excluding tert-OH is 1. The largest absolute Gasteiger partial charge is 0.477 e. The van der Waals surface area contributed by atoms with Crippen molar-refractivity contribution < 1.29 is 24.6 Å². The highest BCUT2D eigenvalue weighted by Gasteiger charge is 2.32. The average Bonchev–Trinajstić information content (AvgIpc) is 3.98. The molecule has 0 saturated heterocycles. The van der Waals surface area contributed by atoms with Crippen LogP contribution < -0.4 is 5.32 Å². The Balaban J connectivity index is 0.000000149. The second-order valence-corrected chi connectivity index (χ2v) is 25.7. The van der Waals surface area contributed by atoms with Crippen molar-refractivity contribution in [3.8, 4) is 0 Å². The van der Waals surface area contributed by atoms with Crippen molar-refractivity contribution >= 4 is 93.4 Å². The number of fused-ring (bicyclic) bond motifs is 6. The molecule has 0 aliphatic heterocycles. The SMILES string of the molecule is CC(C)(C)C1CCc2nc3sc(C(=O)Cl)cc3cc2C1.CC(C)(C)C1CCc2nc3sc(C(=O)O)cc3cc2C1.CC(C)[C@@H](CO)NC(=O)c1cc2cc3c(nc2s1)CCC(C(C)(C)C)C3. The number of amides is 1. The smallest absolute Gasteiger partial charge is 0.345 e. The summed E-state index contributed by atoms with van der Waals surface area (Å²) in [5, 5.41) is 24.1. The number of pyridine rings is 3. The van der Waals surface area contributed by atoms with Crippen LogP contribution in [0.3, 0.4) is 0 Å². The molecule has 6 heterocycles. The fourth-order valence-corrected chi connectivity index (χ4v) is 12.4. The van der Waals surface area contributed by atoms with E-state index in [4.69, 9.17) is 31.7 Å². The second-order valence-electron chi connectivity index (χ2n) is 22.3. The van der Waals surface area contributed by atoms with Crippen LogP contribution in [0.2, 0.25) is 0 Å². The molecule has 0 saturated carbocycles. The predicted molar refractivity (Wildman–Crippen MR) is 274 cm³/mol.